The number of sulfonamides is 1. The molecule has 0 aliphatic carbocycles. The minimum atomic E-state index is -4.18. The number of carboxylic acids is 2. The number of thioether (sulfide) groups is 1. The van der Waals surface area contributed by atoms with Gasteiger partial charge in [-0.25, -0.2) is 13.2 Å². The third kappa shape index (κ3) is 8.54. The zero-order valence-electron chi connectivity index (χ0n) is 20.3. The van der Waals surface area contributed by atoms with Crippen LogP contribution in [0, 0.1) is 0 Å². The number of amides is 1. The predicted octanol–water partition coefficient (Wildman–Crippen LogP) is 2.25. The first-order valence-corrected chi connectivity index (χ1v) is 14.0. The first kappa shape index (κ1) is 29.1. The summed E-state index contributed by atoms with van der Waals surface area (Å²) >= 11 is 1.43. The Kier molecular flexibility index (Phi) is 10.8. The minimum absolute atomic E-state index is 0.116. The average molecular weight is 538 g/mol. The Bertz CT molecular complexity index is 1150. The molecule has 4 N–H and O–H groups in total. The summed E-state index contributed by atoms with van der Waals surface area (Å²) in [6.07, 6.45) is 1.32. The molecule has 10 nitrogen and oxygen atoms in total. The monoisotopic (exact) mass is 537 g/mol. The number of benzene rings is 2. The van der Waals surface area contributed by atoms with Gasteiger partial charge in [0.1, 0.15) is 12.1 Å². The molecule has 12 heteroatoms. The Hall–Kier alpha value is -3.09. The fourth-order valence-corrected chi connectivity index (χ4v) is 5.00. The lowest BCUT2D eigenvalue weighted by Crippen LogP contribution is -2.44. The van der Waals surface area contributed by atoms with E-state index in [1.807, 2.05) is 43.3 Å². The molecule has 36 heavy (non-hydrogen) atoms. The summed E-state index contributed by atoms with van der Waals surface area (Å²) in [5.41, 5.74) is 2.71. The molecule has 2 aromatic carbocycles. The molecule has 196 valence electrons. The largest absolute Gasteiger partial charge is 0.480 e. The van der Waals surface area contributed by atoms with Crippen LogP contribution in [0.2, 0.25) is 0 Å². The van der Waals surface area contributed by atoms with Gasteiger partial charge in [0.2, 0.25) is 15.9 Å². The number of carbonyl (C=O) groups is 3. The molecule has 0 saturated heterocycles. The zero-order valence-corrected chi connectivity index (χ0v) is 21.9. The third-order valence-corrected chi connectivity index (χ3v) is 7.51. The normalized spacial score (nSPS) is 13.0. The van der Waals surface area contributed by atoms with Gasteiger partial charge in [-0.05, 0) is 60.2 Å². The molecule has 0 spiro atoms. The number of hydrogen-bond donors (Lipinski definition) is 4. The Morgan fingerprint density at radius 1 is 0.889 bits per heavy atom. The molecule has 2 atom stereocenters. The third-order valence-electron chi connectivity index (χ3n) is 5.38. The molecule has 0 radical (unpaired) electrons. The Morgan fingerprint density at radius 2 is 1.42 bits per heavy atom. The summed E-state index contributed by atoms with van der Waals surface area (Å²) < 4.78 is 27.7. The number of hydrogen-bond acceptors (Lipinski definition) is 7. The lowest BCUT2D eigenvalue weighted by molar-refractivity contribution is -0.142. The van der Waals surface area contributed by atoms with E-state index in [1.54, 1.807) is 18.4 Å². The topological polar surface area (TPSA) is 153 Å². The van der Waals surface area contributed by atoms with Crippen LogP contribution in [0.3, 0.4) is 0 Å². The Morgan fingerprint density at radius 3 is 1.89 bits per heavy atom. The number of carboxylic acid groups (broad SMARTS) is 2. The second kappa shape index (κ2) is 13.3. The predicted molar refractivity (Wildman–Crippen MR) is 140 cm³/mol. The van der Waals surface area contributed by atoms with E-state index in [4.69, 9.17) is 0 Å². The van der Waals surface area contributed by atoms with Crippen molar-refractivity contribution in [2.45, 2.75) is 36.2 Å². The zero-order chi connectivity index (χ0) is 26.9. The van der Waals surface area contributed by atoms with E-state index >= 15 is 0 Å². The summed E-state index contributed by atoms with van der Waals surface area (Å²) in [7, 11) is -0.327. The van der Waals surface area contributed by atoms with Gasteiger partial charge in [-0.1, -0.05) is 24.3 Å². The number of anilines is 1. The summed E-state index contributed by atoms with van der Waals surface area (Å²) in [6.45, 7) is 0. The Labute approximate surface area is 215 Å². The van der Waals surface area contributed by atoms with Crippen LogP contribution in [0.4, 0.5) is 5.69 Å². The van der Waals surface area contributed by atoms with Crippen LogP contribution < -0.4 is 14.9 Å². The molecule has 2 aromatic rings. The van der Waals surface area contributed by atoms with Crippen LogP contribution in [0.25, 0.3) is 11.1 Å². The van der Waals surface area contributed by atoms with Gasteiger partial charge in [-0.3, -0.25) is 9.59 Å². The van der Waals surface area contributed by atoms with E-state index in [-0.39, 0.29) is 24.2 Å². The number of rotatable bonds is 14. The highest BCUT2D eigenvalue weighted by molar-refractivity contribution is 7.98. The van der Waals surface area contributed by atoms with Crippen molar-refractivity contribution in [3.8, 4) is 11.1 Å². The van der Waals surface area contributed by atoms with E-state index < -0.39 is 40.0 Å². The van der Waals surface area contributed by atoms with Crippen LogP contribution in [0.1, 0.15) is 19.3 Å². The van der Waals surface area contributed by atoms with Crippen molar-refractivity contribution in [1.82, 2.24) is 10.0 Å². The lowest BCUT2D eigenvalue weighted by Gasteiger charge is -2.17. The van der Waals surface area contributed by atoms with Gasteiger partial charge in [0.15, 0.2) is 0 Å². The molecule has 0 aromatic heterocycles. The highest BCUT2D eigenvalue weighted by Gasteiger charge is 2.27. The van der Waals surface area contributed by atoms with Gasteiger partial charge in [-0.15, -0.1) is 0 Å². The van der Waals surface area contributed by atoms with E-state index in [2.05, 4.69) is 10.0 Å². The van der Waals surface area contributed by atoms with E-state index in [0.717, 1.165) is 16.8 Å². The van der Waals surface area contributed by atoms with Crippen LogP contribution in [-0.4, -0.2) is 74.7 Å². The van der Waals surface area contributed by atoms with Crippen molar-refractivity contribution in [3.05, 3.63) is 48.5 Å². The molecule has 0 saturated carbocycles. The lowest BCUT2D eigenvalue weighted by atomic mass is 10.1. The molecule has 0 unspecified atom stereocenters. The van der Waals surface area contributed by atoms with Crippen molar-refractivity contribution < 1.29 is 33.0 Å². The molecule has 2 rings (SSSR count). The van der Waals surface area contributed by atoms with Gasteiger partial charge in [-0.2, -0.15) is 16.5 Å². The number of nitrogens with one attached hydrogen (secondary N) is 2. The summed E-state index contributed by atoms with van der Waals surface area (Å²) in [5, 5.41) is 21.0. The molecule has 0 aliphatic heterocycles. The van der Waals surface area contributed by atoms with Crippen molar-refractivity contribution in [3.63, 3.8) is 0 Å². The summed E-state index contributed by atoms with van der Waals surface area (Å²) in [6, 6.07) is 11.1. The van der Waals surface area contributed by atoms with E-state index in [0.29, 0.717) is 5.75 Å². The molecular weight excluding hydrogens is 506 g/mol. The first-order valence-electron chi connectivity index (χ1n) is 11.1. The molecule has 0 heterocycles. The maximum Gasteiger partial charge on any atom is 0.326 e. The highest BCUT2D eigenvalue weighted by Crippen LogP contribution is 2.24. The van der Waals surface area contributed by atoms with Crippen molar-refractivity contribution in [2.24, 2.45) is 0 Å². The quantitative estimate of drug-likeness (QED) is 0.284. The van der Waals surface area contributed by atoms with Crippen LogP contribution >= 0.6 is 11.8 Å². The number of aliphatic carboxylic acids is 2. The van der Waals surface area contributed by atoms with Gasteiger partial charge >= 0.3 is 11.9 Å². The molecule has 1 amide bonds. The van der Waals surface area contributed by atoms with Crippen LogP contribution in [0.5, 0.6) is 0 Å². The second-order valence-electron chi connectivity index (χ2n) is 8.26. The highest BCUT2D eigenvalue weighted by atomic mass is 32.2. The maximum atomic E-state index is 12.8. The number of nitrogens with zero attached hydrogens (tertiary/aromatic N) is 1. The van der Waals surface area contributed by atoms with Crippen LogP contribution in [-0.2, 0) is 24.4 Å². The van der Waals surface area contributed by atoms with Gasteiger partial charge in [0.05, 0.1) is 4.90 Å². The van der Waals surface area contributed by atoms with Gasteiger partial charge in [0, 0.05) is 26.2 Å². The minimum Gasteiger partial charge on any atom is -0.480 e. The van der Waals surface area contributed by atoms with Gasteiger partial charge < -0.3 is 20.4 Å². The van der Waals surface area contributed by atoms with E-state index in [1.165, 1.54) is 23.9 Å². The van der Waals surface area contributed by atoms with Crippen molar-refractivity contribution in [2.75, 3.05) is 31.0 Å². The van der Waals surface area contributed by atoms with E-state index in [9.17, 15) is 33.0 Å². The first-order chi connectivity index (χ1) is 16.9. The van der Waals surface area contributed by atoms with Gasteiger partial charge in [0.25, 0.3) is 0 Å². The number of carbonyl (C=O) groups excluding carboxylic acids is 1. The fraction of sp³-hybridized carbons (Fsp3) is 0.375. The average Bonchev–Trinajstić information content (AvgIpc) is 2.84. The maximum absolute atomic E-state index is 12.8. The second-order valence-corrected chi connectivity index (χ2v) is 11.0. The summed E-state index contributed by atoms with van der Waals surface area (Å²) in [5.74, 6) is -2.78. The molecule has 0 aliphatic rings. The fourth-order valence-electron chi connectivity index (χ4n) is 3.30. The SMILES string of the molecule is CSCC[C@H](NC(=O)CC[C@H](NS(=O)(=O)c1ccc(-c2ccc(N(C)C)cc2)cc1)C(=O)O)C(=O)O. The Balaban J connectivity index is 2.04. The molecule has 0 fully saturated rings. The van der Waals surface area contributed by atoms with Crippen LogP contribution in [0.15, 0.2) is 53.4 Å². The summed E-state index contributed by atoms with van der Waals surface area (Å²) in [4.78, 5) is 36.9. The van der Waals surface area contributed by atoms with Crippen molar-refractivity contribution >= 4 is 45.3 Å². The standard InChI is InChI=1S/C24H31N3O7S2/c1-27(2)18-8-4-16(5-9-18)17-6-10-19(11-7-17)36(33,34)26-21(24(31)32)12-13-22(28)25-20(23(29)30)14-15-35-3/h4-11,20-21,26H,12-15H2,1-3H3,(H,25,28)(H,29,30)(H,31,32)/t20-,21-/m0/s1. The van der Waals surface area contributed by atoms with Crippen molar-refractivity contribution in [1.29, 1.82) is 0 Å². The smallest absolute Gasteiger partial charge is 0.326 e. The molecular formula is C24H31N3O7S2. The molecule has 0 bridgehead atoms.